The lowest BCUT2D eigenvalue weighted by Gasteiger charge is -2.31. The summed E-state index contributed by atoms with van der Waals surface area (Å²) in [6.45, 7) is 4.32. The van der Waals surface area contributed by atoms with E-state index in [0.29, 0.717) is 17.7 Å². The third-order valence-electron chi connectivity index (χ3n) is 4.05. The molecule has 0 radical (unpaired) electrons. The molecule has 114 valence electrons. The predicted octanol–water partition coefficient (Wildman–Crippen LogP) is 2.72. The molecule has 2 heterocycles. The molecular weight excluding hydrogens is 274 g/mol. The number of benzene rings is 1. The molecule has 1 unspecified atom stereocenters. The first kappa shape index (κ1) is 14.5. The molecule has 2 aromatic rings. The third-order valence-corrected chi connectivity index (χ3v) is 4.05. The van der Waals surface area contributed by atoms with Gasteiger partial charge in [0.25, 0.3) is 0 Å². The highest BCUT2D eigenvalue weighted by Crippen LogP contribution is 2.36. The molecule has 5 nitrogen and oxygen atoms in total. The summed E-state index contributed by atoms with van der Waals surface area (Å²) in [5.41, 5.74) is 16.3. The van der Waals surface area contributed by atoms with E-state index in [-0.39, 0.29) is 6.17 Å². The first-order chi connectivity index (χ1) is 10.5. The smallest absolute Gasteiger partial charge is 0.199 e. The Labute approximate surface area is 130 Å². The van der Waals surface area contributed by atoms with Crippen LogP contribution in [0.2, 0.25) is 0 Å². The Kier molecular flexibility index (Phi) is 3.58. The Balaban J connectivity index is 2.24. The Morgan fingerprint density at radius 2 is 1.86 bits per heavy atom. The first-order valence-electron chi connectivity index (χ1n) is 7.42. The number of nitrogens with two attached hydrogens (primary N) is 2. The molecule has 0 fully saturated rings. The van der Waals surface area contributed by atoms with Gasteiger partial charge in [0.1, 0.15) is 6.17 Å². The second kappa shape index (κ2) is 5.42. The number of aromatic nitrogens is 1. The number of guanidine groups is 1. The molecule has 0 aliphatic carbocycles. The zero-order valence-corrected chi connectivity index (χ0v) is 13.1. The topological polar surface area (TPSA) is 80.5 Å². The largest absolute Gasteiger partial charge is 0.369 e. The van der Waals surface area contributed by atoms with Gasteiger partial charge in [0, 0.05) is 18.2 Å². The minimum Gasteiger partial charge on any atom is -0.369 e. The van der Waals surface area contributed by atoms with Gasteiger partial charge in [-0.05, 0) is 17.5 Å². The van der Waals surface area contributed by atoms with Crippen LogP contribution in [0.15, 0.2) is 41.4 Å². The Morgan fingerprint density at radius 1 is 1.18 bits per heavy atom. The molecule has 0 saturated carbocycles. The third kappa shape index (κ3) is 2.33. The molecule has 1 aliphatic heterocycles. The van der Waals surface area contributed by atoms with Crippen LogP contribution in [0.5, 0.6) is 0 Å². The highest BCUT2D eigenvalue weighted by Gasteiger charge is 2.26. The van der Waals surface area contributed by atoms with Gasteiger partial charge in [-0.2, -0.15) is 4.99 Å². The molecule has 5 heteroatoms. The quantitative estimate of drug-likeness (QED) is 0.892. The number of hydrogen-bond donors (Lipinski definition) is 2. The number of aliphatic imine (C=N–C) groups is 1. The lowest BCUT2D eigenvalue weighted by molar-refractivity contribution is 0.374. The van der Waals surface area contributed by atoms with Gasteiger partial charge in [0.2, 0.25) is 0 Å². The Hall–Kier alpha value is -2.40. The van der Waals surface area contributed by atoms with Crippen LogP contribution < -0.4 is 11.5 Å². The molecule has 0 bridgehead atoms. The maximum Gasteiger partial charge on any atom is 0.199 e. The van der Waals surface area contributed by atoms with E-state index < -0.39 is 0 Å². The van der Waals surface area contributed by atoms with E-state index >= 15 is 0 Å². The fourth-order valence-corrected chi connectivity index (χ4v) is 2.65. The van der Waals surface area contributed by atoms with Gasteiger partial charge >= 0.3 is 0 Å². The average molecular weight is 295 g/mol. The van der Waals surface area contributed by atoms with Crippen molar-refractivity contribution in [2.45, 2.75) is 25.9 Å². The van der Waals surface area contributed by atoms with Crippen LogP contribution >= 0.6 is 0 Å². The maximum atomic E-state index is 6.26. The lowest BCUT2D eigenvalue weighted by Crippen LogP contribution is -2.43. The second-order valence-electron chi connectivity index (χ2n) is 5.89. The van der Waals surface area contributed by atoms with Gasteiger partial charge in [0.05, 0.1) is 5.69 Å². The molecular formula is C17H21N5. The lowest BCUT2D eigenvalue weighted by atomic mass is 9.94. The van der Waals surface area contributed by atoms with Crippen LogP contribution in [-0.4, -0.2) is 22.9 Å². The minimum atomic E-state index is -0.317. The molecule has 0 saturated heterocycles. The van der Waals surface area contributed by atoms with Crippen LogP contribution in [-0.2, 0) is 0 Å². The summed E-state index contributed by atoms with van der Waals surface area (Å²) in [6.07, 6.45) is -0.317. The highest BCUT2D eigenvalue weighted by molar-refractivity contribution is 5.84. The summed E-state index contributed by atoms with van der Waals surface area (Å²) < 4.78 is 0. The molecule has 4 N–H and O–H groups in total. The van der Waals surface area contributed by atoms with Crippen molar-refractivity contribution in [1.82, 2.24) is 9.88 Å². The fourth-order valence-electron chi connectivity index (χ4n) is 2.65. The van der Waals surface area contributed by atoms with Gasteiger partial charge < -0.3 is 16.4 Å². The second-order valence-corrected chi connectivity index (χ2v) is 5.89. The standard InChI is InChI=1S/C17H21N5/c1-10(2)12-9-13-15(18)22(3)17(19)21-16(13)20-14(12)11-7-5-4-6-8-11/h4-10,15H,18H2,1-3H3,(H2,19,20,21). The van der Waals surface area contributed by atoms with Gasteiger partial charge in [-0.3, -0.25) is 0 Å². The van der Waals surface area contributed by atoms with E-state index in [1.54, 1.807) is 4.90 Å². The van der Waals surface area contributed by atoms with E-state index in [1.807, 2.05) is 25.2 Å². The van der Waals surface area contributed by atoms with Crippen LogP contribution in [0.4, 0.5) is 5.82 Å². The molecule has 1 atom stereocenters. The zero-order chi connectivity index (χ0) is 15.9. The highest BCUT2D eigenvalue weighted by atomic mass is 15.3. The molecule has 3 rings (SSSR count). The van der Waals surface area contributed by atoms with Crippen molar-refractivity contribution in [2.24, 2.45) is 16.5 Å². The summed E-state index contributed by atoms with van der Waals surface area (Å²) in [7, 11) is 1.84. The molecule has 0 amide bonds. The maximum absolute atomic E-state index is 6.26. The van der Waals surface area contributed by atoms with E-state index in [2.05, 4.69) is 37.0 Å². The number of fused-ring (bicyclic) bond motifs is 1. The van der Waals surface area contributed by atoms with Crippen LogP contribution in [0.3, 0.4) is 0 Å². The number of nitrogens with zero attached hydrogens (tertiary/aromatic N) is 3. The predicted molar refractivity (Wildman–Crippen MR) is 89.7 cm³/mol. The Morgan fingerprint density at radius 3 is 2.50 bits per heavy atom. The fraction of sp³-hybridized carbons (Fsp3) is 0.294. The monoisotopic (exact) mass is 295 g/mol. The zero-order valence-electron chi connectivity index (χ0n) is 13.1. The molecule has 1 aromatic heterocycles. The average Bonchev–Trinajstić information content (AvgIpc) is 2.52. The normalized spacial score (nSPS) is 17.4. The van der Waals surface area contributed by atoms with Gasteiger partial charge in [-0.1, -0.05) is 44.2 Å². The van der Waals surface area contributed by atoms with Crippen LogP contribution in [0.1, 0.15) is 37.1 Å². The van der Waals surface area contributed by atoms with Crippen molar-refractivity contribution in [3.63, 3.8) is 0 Å². The molecule has 22 heavy (non-hydrogen) atoms. The van der Waals surface area contributed by atoms with Gasteiger partial charge in [-0.15, -0.1) is 0 Å². The van der Waals surface area contributed by atoms with Crippen molar-refractivity contribution >= 4 is 11.8 Å². The summed E-state index contributed by atoms with van der Waals surface area (Å²) in [5.74, 6) is 1.35. The van der Waals surface area contributed by atoms with E-state index in [9.17, 15) is 0 Å². The number of rotatable bonds is 2. The van der Waals surface area contributed by atoms with Crippen molar-refractivity contribution in [2.75, 3.05) is 7.05 Å². The summed E-state index contributed by atoms with van der Waals surface area (Å²) in [4.78, 5) is 10.9. The van der Waals surface area contributed by atoms with Crippen molar-refractivity contribution < 1.29 is 0 Å². The van der Waals surface area contributed by atoms with Gasteiger partial charge in [0.15, 0.2) is 11.8 Å². The summed E-state index contributed by atoms with van der Waals surface area (Å²) in [6, 6.07) is 12.3. The summed E-state index contributed by atoms with van der Waals surface area (Å²) in [5, 5.41) is 0. The Bertz CT molecular complexity index is 721. The van der Waals surface area contributed by atoms with Crippen molar-refractivity contribution in [3.05, 3.63) is 47.5 Å². The van der Waals surface area contributed by atoms with E-state index in [0.717, 1.165) is 16.8 Å². The number of pyridine rings is 1. The number of hydrogen-bond acceptors (Lipinski definition) is 5. The first-order valence-corrected chi connectivity index (χ1v) is 7.42. The summed E-state index contributed by atoms with van der Waals surface area (Å²) >= 11 is 0. The van der Waals surface area contributed by atoms with Crippen molar-refractivity contribution in [3.8, 4) is 11.3 Å². The molecule has 0 spiro atoms. The van der Waals surface area contributed by atoms with Crippen LogP contribution in [0, 0.1) is 0 Å². The van der Waals surface area contributed by atoms with E-state index in [4.69, 9.17) is 16.5 Å². The SMILES string of the molecule is CC(C)c1cc2c(nc1-c1ccccc1)N=C(N)N(C)C2N. The van der Waals surface area contributed by atoms with Crippen molar-refractivity contribution in [1.29, 1.82) is 0 Å². The van der Waals surface area contributed by atoms with E-state index in [1.165, 1.54) is 5.56 Å². The minimum absolute atomic E-state index is 0.317. The molecule has 1 aromatic carbocycles. The van der Waals surface area contributed by atoms with Crippen LogP contribution in [0.25, 0.3) is 11.3 Å². The molecule has 1 aliphatic rings. The van der Waals surface area contributed by atoms with Gasteiger partial charge in [-0.25, -0.2) is 4.98 Å².